The number of rotatable bonds is 0. The monoisotopic (exact) mass is 108 g/mol. The topological polar surface area (TPSA) is 40.5 Å². The van der Waals surface area contributed by atoms with Crippen LogP contribution in [0.4, 0.5) is 0 Å². The zero-order valence-electron chi connectivity index (χ0n) is 3.39. The quantitative estimate of drug-likeness (QED) is 0.366. The molecule has 0 amide bonds. The minimum atomic E-state index is -2.61. The predicted octanol–water partition coefficient (Wildman–Crippen LogP) is -1.62. The first-order chi connectivity index (χ1) is 2.00. The molecule has 0 spiro atoms. The third-order valence-corrected chi connectivity index (χ3v) is 0. The molecule has 0 rings (SSSR count). The van der Waals surface area contributed by atoms with Gasteiger partial charge in [0.05, 0.1) is 0 Å². The molecule has 0 aliphatic rings. The van der Waals surface area contributed by atoms with Crippen LogP contribution >= 0.6 is 0 Å². The summed E-state index contributed by atoms with van der Waals surface area (Å²) in [7, 11) is -2.61. The molecule has 36 valence electrons. The summed E-state index contributed by atoms with van der Waals surface area (Å²) in [5.41, 5.74) is 0. The second-order valence-electron chi connectivity index (χ2n) is 1.49. The Morgan fingerprint density at radius 3 is 1.00 bits per heavy atom. The Labute approximate surface area is 68.9 Å². The molecule has 0 bridgehead atoms. The molecule has 0 aliphatic carbocycles. The Bertz CT molecular complexity index is 29.2. The summed E-state index contributed by atoms with van der Waals surface area (Å²) < 4.78 is 0. The van der Waals surface area contributed by atoms with Gasteiger partial charge in [-0.15, -0.1) is 0 Å². The van der Waals surface area contributed by atoms with E-state index in [9.17, 15) is 0 Å². The van der Waals surface area contributed by atoms with Crippen LogP contribution in [0.25, 0.3) is 0 Å². The Balaban J connectivity index is -0.0000000800. The van der Waals surface area contributed by atoms with E-state index in [4.69, 9.17) is 9.59 Å². The SMILES string of the molecule is C[Si](C)(O)O.[LiH].[LiH]. The molecular formula is C2H10Li2O2Si. The van der Waals surface area contributed by atoms with Crippen molar-refractivity contribution in [1.82, 2.24) is 0 Å². The summed E-state index contributed by atoms with van der Waals surface area (Å²) in [5, 5.41) is 0. The zero-order chi connectivity index (χ0) is 4.50. The summed E-state index contributed by atoms with van der Waals surface area (Å²) in [6.45, 7) is 2.88. The van der Waals surface area contributed by atoms with E-state index in [-0.39, 0.29) is 37.7 Å². The summed E-state index contributed by atoms with van der Waals surface area (Å²) in [4.78, 5) is 16.4. The fourth-order valence-corrected chi connectivity index (χ4v) is 0. The molecule has 0 aromatic heterocycles. The Morgan fingerprint density at radius 1 is 1.00 bits per heavy atom. The summed E-state index contributed by atoms with van der Waals surface area (Å²) in [6, 6.07) is 0. The van der Waals surface area contributed by atoms with Crippen molar-refractivity contribution in [2.75, 3.05) is 0 Å². The zero-order valence-corrected chi connectivity index (χ0v) is 4.39. The molecule has 0 unspecified atom stereocenters. The minimum absolute atomic E-state index is 0. The van der Waals surface area contributed by atoms with E-state index in [2.05, 4.69) is 0 Å². The molecule has 0 fully saturated rings. The molecule has 2 nitrogen and oxygen atoms in total. The van der Waals surface area contributed by atoms with Gasteiger partial charge in [0.1, 0.15) is 0 Å². The van der Waals surface area contributed by atoms with Gasteiger partial charge in [-0.1, -0.05) is 0 Å². The van der Waals surface area contributed by atoms with Crippen LogP contribution in [0.5, 0.6) is 0 Å². The Hall–Kier alpha value is 1.33. The van der Waals surface area contributed by atoms with E-state index in [0.717, 1.165) is 0 Å². The van der Waals surface area contributed by atoms with Gasteiger partial charge < -0.3 is 9.59 Å². The van der Waals surface area contributed by atoms with Crippen molar-refractivity contribution in [2.45, 2.75) is 13.1 Å². The van der Waals surface area contributed by atoms with Gasteiger partial charge in [-0.3, -0.25) is 0 Å². The standard InChI is InChI=1S/C2H8O2Si.2Li.2H/c1-5(2,3)4;;;;/h3-4H,1-2H3;;;;. The molecule has 0 aromatic rings. The first kappa shape index (κ1) is 15.8. The van der Waals surface area contributed by atoms with Crippen LogP contribution in [0.2, 0.25) is 13.1 Å². The van der Waals surface area contributed by atoms with Crippen LogP contribution in [0.15, 0.2) is 0 Å². The Kier molecular flexibility index (Phi) is 12.3. The van der Waals surface area contributed by atoms with Crippen LogP contribution in [-0.2, 0) is 0 Å². The van der Waals surface area contributed by atoms with Crippen LogP contribution in [0.3, 0.4) is 0 Å². The molecule has 5 heteroatoms. The molecule has 0 atom stereocenters. The van der Waals surface area contributed by atoms with Gasteiger partial charge in [0, 0.05) is 0 Å². The number of hydrogen-bond donors (Lipinski definition) is 2. The van der Waals surface area contributed by atoms with E-state index in [1.165, 1.54) is 13.1 Å². The van der Waals surface area contributed by atoms with Gasteiger partial charge >= 0.3 is 46.3 Å². The molecule has 0 heterocycles. The average Bonchev–Trinajstić information content (AvgIpc) is 0.722. The molecule has 0 radical (unpaired) electrons. The summed E-state index contributed by atoms with van der Waals surface area (Å²) in [5.74, 6) is 0. The summed E-state index contributed by atoms with van der Waals surface area (Å²) in [6.07, 6.45) is 0. The molecule has 0 saturated carbocycles. The second-order valence-corrected chi connectivity index (χ2v) is 4.48. The Morgan fingerprint density at radius 2 is 1.00 bits per heavy atom. The second kappa shape index (κ2) is 5.47. The fraction of sp³-hybridized carbons (Fsp3) is 1.00. The van der Waals surface area contributed by atoms with Crippen molar-refractivity contribution in [3.8, 4) is 0 Å². The van der Waals surface area contributed by atoms with Crippen molar-refractivity contribution in [2.24, 2.45) is 0 Å². The van der Waals surface area contributed by atoms with Crippen molar-refractivity contribution >= 4 is 46.3 Å². The normalized spacial score (nSPS) is 8.57. The van der Waals surface area contributed by atoms with Gasteiger partial charge in [0.25, 0.3) is 0 Å². The molecule has 0 aliphatic heterocycles. The van der Waals surface area contributed by atoms with E-state index < -0.39 is 8.56 Å². The van der Waals surface area contributed by atoms with Crippen LogP contribution in [0, 0.1) is 0 Å². The van der Waals surface area contributed by atoms with E-state index >= 15 is 0 Å². The van der Waals surface area contributed by atoms with Crippen LogP contribution in [0.1, 0.15) is 0 Å². The average molecular weight is 108 g/mol. The summed E-state index contributed by atoms with van der Waals surface area (Å²) >= 11 is 0. The fourth-order valence-electron chi connectivity index (χ4n) is 0. The van der Waals surface area contributed by atoms with Gasteiger partial charge in [0.15, 0.2) is 0 Å². The van der Waals surface area contributed by atoms with Gasteiger partial charge in [0.2, 0.25) is 0 Å². The maximum atomic E-state index is 8.22. The third kappa shape index (κ3) is 118. The van der Waals surface area contributed by atoms with E-state index in [0.29, 0.717) is 0 Å². The molecular weight excluding hydrogens is 98.0 g/mol. The molecule has 2 N–H and O–H groups in total. The molecule has 7 heavy (non-hydrogen) atoms. The molecule has 0 saturated heterocycles. The maximum absolute atomic E-state index is 8.22. The van der Waals surface area contributed by atoms with Crippen molar-refractivity contribution in [3.05, 3.63) is 0 Å². The van der Waals surface area contributed by atoms with Gasteiger partial charge in [-0.05, 0) is 13.1 Å². The van der Waals surface area contributed by atoms with Crippen LogP contribution in [-0.4, -0.2) is 55.9 Å². The molecule has 0 aromatic carbocycles. The van der Waals surface area contributed by atoms with Crippen LogP contribution < -0.4 is 0 Å². The van der Waals surface area contributed by atoms with Crippen molar-refractivity contribution < 1.29 is 9.59 Å². The number of hydrogen-bond acceptors (Lipinski definition) is 2. The third-order valence-electron chi connectivity index (χ3n) is 0. The van der Waals surface area contributed by atoms with Gasteiger partial charge in [-0.2, -0.15) is 0 Å². The van der Waals surface area contributed by atoms with Gasteiger partial charge in [-0.25, -0.2) is 0 Å². The first-order valence-electron chi connectivity index (χ1n) is 1.45. The van der Waals surface area contributed by atoms with Crippen molar-refractivity contribution in [1.29, 1.82) is 0 Å². The van der Waals surface area contributed by atoms with E-state index in [1.807, 2.05) is 0 Å². The first-order valence-corrected chi connectivity index (χ1v) is 4.34. The predicted molar refractivity (Wildman–Crippen MR) is 36.2 cm³/mol. The van der Waals surface area contributed by atoms with Crippen molar-refractivity contribution in [3.63, 3.8) is 0 Å². The van der Waals surface area contributed by atoms with E-state index in [1.54, 1.807) is 0 Å².